The maximum absolute atomic E-state index is 12.1. The van der Waals surface area contributed by atoms with Crippen molar-refractivity contribution in [3.8, 4) is 0 Å². The number of nitrogens with zero attached hydrogens (tertiary/aromatic N) is 3. The standard InChI is InChI=1S/C15H14ClN3O2/c16-14-17-8-12-9-19(7-6-13(12)18-14)15(20)21-10-11-4-2-1-3-5-11/h1-5,8H,6-7,9-10H2. The second-order valence-corrected chi connectivity index (χ2v) is 5.16. The average Bonchev–Trinajstić information content (AvgIpc) is 2.53. The van der Waals surface area contributed by atoms with Crippen LogP contribution in [0.2, 0.25) is 5.28 Å². The van der Waals surface area contributed by atoms with Crippen LogP contribution in [0.25, 0.3) is 0 Å². The van der Waals surface area contributed by atoms with E-state index in [1.165, 1.54) is 0 Å². The molecule has 2 heterocycles. The first-order valence-electron chi connectivity index (χ1n) is 6.68. The van der Waals surface area contributed by atoms with Crippen LogP contribution in [0.5, 0.6) is 0 Å². The van der Waals surface area contributed by atoms with Crippen LogP contribution >= 0.6 is 11.6 Å². The minimum atomic E-state index is -0.320. The molecule has 0 saturated carbocycles. The Morgan fingerprint density at radius 1 is 1.33 bits per heavy atom. The first-order chi connectivity index (χ1) is 10.2. The predicted octanol–water partition coefficient (Wildman–Crippen LogP) is 2.82. The quantitative estimate of drug-likeness (QED) is 0.801. The van der Waals surface area contributed by atoms with Gasteiger partial charge in [-0.15, -0.1) is 0 Å². The third-order valence-corrected chi connectivity index (χ3v) is 3.55. The number of benzene rings is 1. The van der Waals surface area contributed by atoms with Gasteiger partial charge in [-0.1, -0.05) is 30.3 Å². The minimum Gasteiger partial charge on any atom is -0.445 e. The zero-order valence-corrected chi connectivity index (χ0v) is 12.1. The molecule has 1 aliphatic heterocycles. The van der Waals surface area contributed by atoms with Crippen LogP contribution in [-0.4, -0.2) is 27.5 Å². The van der Waals surface area contributed by atoms with Crippen molar-refractivity contribution in [3.63, 3.8) is 0 Å². The third-order valence-electron chi connectivity index (χ3n) is 3.37. The summed E-state index contributed by atoms with van der Waals surface area (Å²) in [6.07, 6.45) is 2.01. The molecule has 1 aromatic carbocycles. The summed E-state index contributed by atoms with van der Waals surface area (Å²) in [6, 6.07) is 9.62. The molecule has 0 atom stereocenters. The van der Waals surface area contributed by atoms with Gasteiger partial charge in [0.25, 0.3) is 0 Å². The molecule has 3 rings (SSSR count). The fourth-order valence-electron chi connectivity index (χ4n) is 2.26. The summed E-state index contributed by atoms with van der Waals surface area (Å²) in [7, 11) is 0. The second-order valence-electron chi connectivity index (χ2n) is 4.82. The minimum absolute atomic E-state index is 0.244. The highest BCUT2D eigenvalue weighted by atomic mass is 35.5. The molecule has 0 N–H and O–H groups in total. The Balaban J connectivity index is 1.60. The summed E-state index contributed by atoms with van der Waals surface area (Å²) < 4.78 is 5.33. The summed E-state index contributed by atoms with van der Waals surface area (Å²) in [5.41, 5.74) is 2.79. The Morgan fingerprint density at radius 3 is 2.95 bits per heavy atom. The summed E-state index contributed by atoms with van der Waals surface area (Å²) in [5.74, 6) is 0. The van der Waals surface area contributed by atoms with Crippen LogP contribution in [-0.2, 0) is 24.3 Å². The molecular weight excluding hydrogens is 290 g/mol. The normalized spacial score (nSPS) is 13.7. The van der Waals surface area contributed by atoms with Crippen molar-refractivity contribution in [3.05, 3.63) is 58.6 Å². The van der Waals surface area contributed by atoms with E-state index in [2.05, 4.69) is 9.97 Å². The lowest BCUT2D eigenvalue weighted by molar-refractivity contribution is 0.0915. The van der Waals surface area contributed by atoms with E-state index in [4.69, 9.17) is 16.3 Å². The molecule has 1 aliphatic rings. The van der Waals surface area contributed by atoms with Gasteiger partial charge in [0.05, 0.1) is 12.2 Å². The van der Waals surface area contributed by atoms with Crippen LogP contribution in [0, 0.1) is 0 Å². The van der Waals surface area contributed by atoms with Gasteiger partial charge in [-0.05, 0) is 17.2 Å². The van der Waals surface area contributed by atoms with Gasteiger partial charge in [0, 0.05) is 24.7 Å². The van der Waals surface area contributed by atoms with Gasteiger partial charge in [-0.2, -0.15) is 0 Å². The van der Waals surface area contributed by atoms with Gasteiger partial charge >= 0.3 is 6.09 Å². The van der Waals surface area contributed by atoms with Crippen molar-refractivity contribution >= 4 is 17.7 Å². The maximum atomic E-state index is 12.1. The molecule has 0 bridgehead atoms. The van der Waals surface area contributed by atoms with Gasteiger partial charge in [-0.3, -0.25) is 0 Å². The molecule has 5 nitrogen and oxygen atoms in total. The molecular formula is C15H14ClN3O2. The van der Waals surface area contributed by atoms with E-state index < -0.39 is 0 Å². The van der Waals surface area contributed by atoms with Crippen LogP contribution in [0.3, 0.4) is 0 Å². The van der Waals surface area contributed by atoms with E-state index in [9.17, 15) is 4.79 Å². The van der Waals surface area contributed by atoms with Crippen molar-refractivity contribution in [1.29, 1.82) is 0 Å². The molecule has 1 amide bonds. The van der Waals surface area contributed by atoms with Crippen molar-refractivity contribution in [2.24, 2.45) is 0 Å². The van der Waals surface area contributed by atoms with Crippen LogP contribution in [0.1, 0.15) is 16.8 Å². The summed E-state index contributed by atoms with van der Waals surface area (Å²) in [4.78, 5) is 21.9. The van der Waals surface area contributed by atoms with Gasteiger partial charge in [0.15, 0.2) is 0 Å². The van der Waals surface area contributed by atoms with Crippen molar-refractivity contribution < 1.29 is 9.53 Å². The smallest absolute Gasteiger partial charge is 0.410 e. The Kier molecular flexibility index (Phi) is 4.01. The van der Waals surface area contributed by atoms with E-state index in [1.807, 2.05) is 30.3 Å². The molecule has 21 heavy (non-hydrogen) atoms. The highest BCUT2D eigenvalue weighted by Crippen LogP contribution is 2.18. The highest BCUT2D eigenvalue weighted by Gasteiger charge is 2.23. The molecule has 0 radical (unpaired) electrons. The summed E-state index contributed by atoms with van der Waals surface area (Å²) in [6.45, 7) is 1.31. The highest BCUT2D eigenvalue weighted by molar-refractivity contribution is 6.28. The number of aromatic nitrogens is 2. The van der Waals surface area contributed by atoms with Crippen LogP contribution in [0.15, 0.2) is 36.5 Å². The van der Waals surface area contributed by atoms with Gasteiger partial charge in [0.1, 0.15) is 6.61 Å². The molecule has 0 unspecified atom stereocenters. The zero-order valence-electron chi connectivity index (χ0n) is 11.3. The van der Waals surface area contributed by atoms with E-state index in [0.29, 0.717) is 19.5 Å². The van der Waals surface area contributed by atoms with E-state index in [0.717, 1.165) is 16.8 Å². The number of amides is 1. The van der Waals surface area contributed by atoms with E-state index >= 15 is 0 Å². The Bertz CT molecular complexity index is 649. The number of hydrogen-bond donors (Lipinski definition) is 0. The first kappa shape index (κ1) is 13.8. The maximum Gasteiger partial charge on any atom is 0.410 e. The number of fused-ring (bicyclic) bond motifs is 1. The number of carbonyl (C=O) groups is 1. The van der Waals surface area contributed by atoms with E-state index in [-0.39, 0.29) is 18.0 Å². The molecule has 0 fully saturated rings. The van der Waals surface area contributed by atoms with Crippen molar-refractivity contribution in [1.82, 2.24) is 14.9 Å². The number of hydrogen-bond acceptors (Lipinski definition) is 4. The van der Waals surface area contributed by atoms with Gasteiger partial charge in [0.2, 0.25) is 5.28 Å². The topological polar surface area (TPSA) is 55.3 Å². The molecule has 2 aromatic rings. The molecule has 108 valence electrons. The average molecular weight is 304 g/mol. The predicted molar refractivity (Wildman–Crippen MR) is 77.8 cm³/mol. The summed E-state index contributed by atoms with van der Waals surface area (Å²) in [5, 5.41) is 0.244. The Morgan fingerprint density at radius 2 is 2.14 bits per heavy atom. The number of rotatable bonds is 2. The molecule has 0 aliphatic carbocycles. The molecule has 0 spiro atoms. The van der Waals surface area contributed by atoms with E-state index in [1.54, 1.807) is 11.1 Å². The van der Waals surface area contributed by atoms with Gasteiger partial charge in [-0.25, -0.2) is 14.8 Å². The fraction of sp³-hybridized carbons (Fsp3) is 0.267. The zero-order chi connectivity index (χ0) is 14.7. The van der Waals surface area contributed by atoms with Crippen LogP contribution < -0.4 is 0 Å². The summed E-state index contributed by atoms with van der Waals surface area (Å²) >= 11 is 5.77. The lowest BCUT2D eigenvalue weighted by Crippen LogP contribution is -2.36. The number of halogens is 1. The molecule has 0 saturated heterocycles. The SMILES string of the molecule is O=C(OCc1ccccc1)N1CCc2nc(Cl)ncc2C1. The number of carbonyl (C=O) groups excluding carboxylic acids is 1. The molecule has 6 heteroatoms. The monoisotopic (exact) mass is 303 g/mol. The second kappa shape index (κ2) is 6.10. The third kappa shape index (κ3) is 3.31. The van der Waals surface area contributed by atoms with Crippen molar-refractivity contribution in [2.75, 3.05) is 6.54 Å². The largest absolute Gasteiger partial charge is 0.445 e. The number of ether oxygens (including phenoxy) is 1. The first-order valence-corrected chi connectivity index (χ1v) is 7.06. The lowest BCUT2D eigenvalue weighted by Gasteiger charge is -2.27. The lowest BCUT2D eigenvalue weighted by atomic mass is 10.1. The van der Waals surface area contributed by atoms with Crippen LogP contribution in [0.4, 0.5) is 4.79 Å². The Hall–Kier alpha value is -2.14. The van der Waals surface area contributed by atoms with Crippen molar-refractivity contribution in [2.45, 2.75) is 19.6 Å². The van der Waals surface area contributed by atoms with Gasteiger partial charge < -0.3 is 9.64 Å². The molecule has 1 aromatic heterocycles. The fourth-order valence-corrected chi connectivity index (χ4v) is 2.41. The Labute approximate surface area is 127 Å².